The Morgan fingerprint density at radius 2 is 2.03 bits per heavy atom. The summed E-state index contributed by atoms with van der Waals surface area (Å²) < 4.78 is 4.91. The molecule has 1 aromatic heterocycles. The van der Waals surface area contributed by atoms with Gasteiger partial charge in [0.2, 0.25) is 0 Å². The Morgan fingerprint density at radius 3 is 2.79 bits per heavy atom. The van der Waals surface area contributed by atoms with Gasteiger partial charge in [-0.05, 0) is 36.6 Å². The number of amides is 2. The zero-order valence-corrected chi connectivity index (χ0v) is 17.0. The molecule has 3 aromatic rings. The summed E-state index contributed by atoms with van der Waals surface area (Å²) in [6.45, 7) is 2.39. The van der Waals surface area contributed by atoms with Gasteiger partial charge in [-0.25, -0.2) is 9.78 Å². The summed E-state index contributed by atoms with van der Waals surface area (Å²) in [5.41, 5.74) is 4.36. The highest BCUT2D eigenvalue weighted by Gasteiger charge is 2.36. The number of aryl methyl sites for hydroxylation is 1. The highest BCUT2D eigenvalue weighted by molar-refractivity contribution is 7.09. The van der Waals surface area contributed by atoms with Crippen molar-refractivity contribution in [2.24, 2.45) is 0 Å². The number of benzene rings is 2. The highest BCUT2D eigenvalue weighted by Crippen LogP contribution is 2.32. The molecule has 6 nitrogen and oxygen atoms in total. The third-order valence-corrected chi connectivity index (χ3v) is 5.76. The number of carbonyl (C=O) groups is 2. The van der Waals surface area contributed by atoms with Gasteiger partial charge >= 0.3 is 6.09 Å². The fourth-order valence-corrected chi connectivity index (χ4v) is 4.25. The molecule has 0 saturated heterocycles. The van der Waals surface area contributed by atoms with Crippen molar-refractivity contribution in [1.82, 2.24) is 9.88 Å². The molecule has 0 spiro atoms. The third kappa shape index (κ3) is 3.86. The maximum atomic E-state index is 13.2. The number of aromatic nitrogens is 1. The monoisotopic (exact) mass is 407 g/mol. The second kappa shape index (κ2) is 8.05. The molecule has 0 aliphatic carbocycles. The average Bonchev–Trinajstić information content (AvgIpc) is 3.18. The van der Waals surface area contributed by atoms with Gasteiger partial charge in [0, 0.05) is 23.2 Å². The van der Waals surface area contributed by atoms with Gasteiger partial charge in [-0.3, -0.25) is 9.69 Å². The van der Waals surface area contributed by atoms with Crippen molar-refractivity contribution in [3.05, 3.63) is 70.0 Å². The van der Waals surface area contributed by atoms with Crippen LogP contribution >= 0.6 is 11.3 Å². The fraction of sp³-hybridized carbons (Fsp3) is 0.227. The minimum atomic E-state index is -0.738. The van der Waals surface area contributed by atoms with E-state index in [2.05, 4.69) is 10.3 Å². The van der Waals surface area contributed by atoms with Crippen LogP contribution in [0.5, 0.6) is 0 Å². The highest BCUT2D eigenvalue weighted by atomic mass is 32.1. The van der Waals surface area contributed by atoms with Crippen molar-refractivity contribution in [3.63, 3.8) is 0 Å². The van der Waals surface area contributed by atoms with Crippen molar-refractivity contribution in [1.29, 1.82) is 0 Å². The normalized spacial score (nSPS) is 15.5. The fourth-order valence-electron chi connectivity index (χ4n) is 3.63. The van der Waals surface area contributed by atoms with E-state index in [1.54, 1.807) is 11.3 Å². The van der Waals surface area contributed by atoms with Gasteiger partial charge in [-0.2, -0.15) is 0 Å². The lowest BCUT2D eigenvalue weighted by Gasteiger charge is -2.35. The number of nitrogens with one attached hydrogen (secondary N) is 1. The van der Waals surface area contributed by atoms with Gasteiger partial charge in [-0.15, -0.1) is 11.3 Å². The molecular weight excluding hydrogens is 386 g/mol. The molecular formula is C22H21N3O3S. The molecule has 2 heterocycles. The Kier molecular flexibility index (Phi) is 5.31. The summed E-state index contributed by atoms with van der Waals surface area (Å²) in [6, 6.07) is 14.5. The van der Waals surface area contributed by atoms with E-state index < -0.39 is 12.1 Å². The molecule has 2 aromatic carbocycles. The lowest BCUT2D eigenvalue weighted by Crippen LogP contribution is -2.45. The zero-order chi connectivity index (χ0) is 20.4. The van der Waals surface area contributed by atoms with Crippen LogP contribution in [-0.4, -0.2) is 35.5 Å². The number of hydrogen-bond donors (Lipinski definition) is 1. The van der Waals surface area contributed by atoms with E-state index in [0.717, 1.165) is 27.4 Å². The first-order valence-corrected chi connectivity index (χ1v) is 10.2. The third-order valence-electron chi connectivity index (χ3n) is 4.99. The summed E-state index contributed by atoms with van der Waals surface area (Å²) in [5.74, 6) is -0.269. The summed E-state index contributed by atoms with van der Waals surface area (Å²) in [5, 5.41) is 5.95. The van der Waals surface area contributed by atoms with Gasteiger partial charge in [0.15, 0.2) is 0 Å². The minimum absolute atomic E-state index is 0.269. The molecule has 1 aliphatic heterocycles. The van der Waals surface area contributed by atoms with Crippen LogP contribution in [0, 0.1) is 6.92 Å². The van der Waals surface area contributed by atoms with E-state index in [4.69, 9.17) is 4.74 Å². The van der Waals surface area contributed by atoms with Crippen molar-refractivity contribution in [3.8, 4) is 11.3 Å². The maximum absolute atomic E-state index is 13.2. The van der Waals surface area contributed by atoms with E-state index in [9.17, 15) is 9.59 Å². The molecule has 0 bridgehead atoms. The first-order chi connectivity index (χ1) is 14.1. The predicted molar refractivity (Wildman–Crippen MR) is 113 cm³/mol. The van der Waals surface area contributed by atoms with Crippen molar-refractivity contribution in [2.45, 2.75) is 19.4 Å². The number of rotatable bonds is 3. The maximum Gasteiger partial charge on any atom is 0.410 e. The van der Waals surface area contributed by atoms with Crippen molar-refractivity contribution < 1.29 is 14.3 Å². The first-order valence-electron chi connectivity index (χ1n) is 9.32. The molecule has 2 amide bonds. The number of hydrogen-bond acceptors (Lipinski definition) is 5. The van der Waals surface area contributed by atoms with E-state index in [0.29, 0.717) is 18.7 Å². The van der Waals surface area contributed by atoms with E-state index >= 15 is 0 Å². The van der Waals surface area contributed by atoms with E-state index in [1.165, 1.54) is 12.0 Å². The number of nitrogens with zero attached hydrogens (tertiary/aromatic N) is 2. The second-order valence-electron chi connectivity index (χ2n) is 6.84. The first kappa shape index (κ1) is 19.1. The van der Waals surface area contributed by atoms with Crippen LogP contribution in [0.3, 0.4) is 0 Å². The van der Waals surface area contributed by atoms with Crippen LogP contribution < -0.4 is 5.32 Å². The quantitative estimate of drug-likeness (QED) is 0.698. The number of anilines is 1. The summed E-state index contributed by atoms with van der Waals surface area (Å²) in [7, 11) is 1.33. The SMILES string of the molecule is COC(=O)N1CCc2ccccc2[C@@H]1C(=O)Nc1cccc(-c2csc(C)n2)c1. The molecule has 0 unspecified atom stereocenters. The van der Waals surface area contributed by atoms with Gasteiger partial charge < -0.3 is 10.1 Å². The molecule has 1 atom stereocenters. The van der Waals surface area contributed by atoms with Crippen LogP contribution in [0.2, 0.25) is 0 Å². The number of thiazole rings is 1. The predicted octanol–water partition coefficient (Wildman–Crippen LogP) is 4.42. The molecule has 0 radical (unpaired) electrons. The molecule has 1 N–H and O–H groups in total. The number of carbonyl (C=O) groups excluding carboxylic acids is 2. The summed E-state index contributed by atoms with van der Waals surface area (Å²) in [6.07, 6.45) is 0.180. The van der Waals surface area contributed by atoms with Crippen LogP contribution in [0.15, 0.2) is 53.9 Å². The topological polar surface area (TPSA) is 71.5 Å². The average molecular weight is 407 g/mol. The van der Waals surface area contributed by atoms with Gasteiger partial charge in [0.1, 0.15) is 6.04 Å². The van der Waals surface area contributed by atoms with Crippen LogP contribution in [0.1, 0.15) is 22.2 Å². The van der Waals surface area contributed by atoms with Crippen LogP contribution in [0.4, 0.5) is 10.5 Å². The number of methoxy groups -OCH3 is 1. The van der Waals surface area contributed by atoms with Gasteiger partial charge in [-0.1, -0.05) is 36.4 Å². The Labute approximate surface area is 173 Å². The molecule has 29 heavy (non-hydrogen) atoms. The van der Waals surface area contributed by atoms with Gasteiger partial charge in [0.05, 0.1) is 17.8 Å². The molecule has 7 heteroatoms. The Hall–Kier alpha value is -3.19. The Bertz CT molecular complexity index is 1060. The van der Waals surface area contributed by atoms with Crippen molar-refractivity contribution in [2.75, 3.05) is 19.0 Å². The lowest BCUT2D eigenvalue weighted by atomic mass is 9.92. The standard InChI is InChI=1S/C22H21N3O3S/c1-14-23-19(13-29-14)16-7-5-8-17(12-16)24-21(26)20-18-9-4-3-6-15(18)10-11-25(20)22(27)28-2/h3-9,12-13,20H,10-11H2,1-2H3,(H,24,26)/t20-/m1/s1. The van der Waals surface area contributed by atoms with Crippen LogP contribution in [-0.2, 0) is 16.0 Å². The number of ether oxygens (including phenoxy) is 1. The van der Waals surface area contributed by atoms with Crippen molar-refractivity contribution >= 4 is 29.0 Å². The summed E-state index contributed by atoms with van der Waals surface area (Å²) >= 11 is 1.58. The van der Waals surface area contributed by atoms with E-state index in [1.807, 2.05) is 60.8 Å². The molecule has 4 rings (SSSR count). The smallest absolute Gasteiger partial charge is 0.410 e. The summed E-state index contributed by atoms with van der Waals surface area (Å²) in [4.78, 5) is 31.5. The molecule has 1 aliphatic rings. The Morgan fingerprint density at radius 1 is 1.21 bits per heavy atom. The molecule has 148 valence electrons. The molecule has 0 fully saturated rings. The molecule has 0 saturated carbocycles. The van der Waals surface area contributed by atoms with E-state index in [-0.39, 0.29) is 5.91 Å². The number of fused-ring (bicyclic) bond motifs is 1. The van der Waals surface area contributed by atoms with Gasteiger partial charge in [0.25, 0.3) is 5.91 Å². The van der Waals surface area contributed by atoms with Crippen LogP contribution in [0.25, 0.3) is 11.3 Å². The lowest BCUT2D eigenvalue weighted by molar-refractivity contribution is -0.121. The minimum Gasteiger partial charge on any atom is -0.453 e. The Balaban J connectivity index is 1.63. The zero-order valence-electron chi connectivity index (χ0n) is 16.2. The largest absolute Gasteiger partial charge is 0.453 e. The second-order valence-corrected chi connectivity index (χ2v) is 7.90.